The molecule has 5 rings (SSSR count). The number of carbonyl (C=O) groups is 1. The first-order valence-electron chi connectivity index (χ1n) is 8.91. The smallest absolute Gasteiger partial charge is 0.224 e. The van der Waals surface area contributed by atoms with Crippen molar-refractivity contribution in [2.75, 3.05) is 5.32 Å². The fraction of sp³-hybridized carbons (Fsp3) is 0.650. The highest BCUT2D eigenvalue weighted by Crippen LogP contribution is 2.65. The van der Waals surface area contributed by atoms with Crippen LogP contribution in [0.1, 0.15) is 56.1 Å². The Morgan fingerprint density at radius 3 is 2.57 bits per heavy atom. The number of hydrogen-bond acceptors (Lipinski definition) is 1. The van der Waals surface area contributed by atoms with Crippen molar-refractivity contribution >= 4 is 27.5 Å². The molecule has 124 valence electrons. The van der Waals surface area contributed by atoms with Gasteiger partial charge in [-0.3, -0.25) is 4.79 Å². The van der Waals surface area contributed by atoms with Gasteiger partial charge in [-0.25, -0.2) is 0 Å². The van der Waals surface area contributed by atoms with Gasteiger partial charge in [-0.1, -0.05) is 28.1 Å². The van der Waals surface area contributed by atoms with Gasteiger partial charge in [0.05, 0.1) is 0 Å². The van der Waals surface area contributed by atoms with Gasteiger partial charge in [0, 0.05) is 16.4 Å². The number of alkyl halides is 1. The largest absolute Gasteiger partial charge is 0.326 e. The van der Waals surface area contributed by atoms with E-state index in [-0.39, 0.29) is 11.3 Å². The van der Waals surface area contributed by atoms with E-state index in [1.165, 1.54) is 44.1 Å². The first-order chi connectivity index (χ1) is 10.8. The zero-order chi connectivity index (χ0) is 16.2. The molecule has 0 saturated heterocycles. The molecule has 4 saturated carbocycles. The average Bonchev–Trinajstić information content (AvgIpc) is 2.39. The molecule has 0 aliphatic heterocycles. The van der Waals surface area contributed by atoms with Crippen molar-refractivity contribution in [3.05, 3.63) is 29.3 Å². The van der Waals surface area contributed by atoms with Gasteiger partial charge in [0.15, 0.2) is 0 Å². The highest BCUT2D eigenvalue weighted by atomic mass is 79.9. The summed E-state index contributed by atoms with van der Waals surface area (Å²) >= 11 is 4.04. The molecule has 2 unspecified atom stereocenters. The van der Waals surface area contributed by atoms with Gasteiger partial charge in [-0.2, -0.15) is 0 Å². The number of carbonyl (C=O) groups excluding carboxylic acids is 1. The van der Waals surface area contributed by atoms with E-state index in [0.29, 0.717) is 10.7 Å². The van der Waals surface area contributed by atoms with Crippen LogP contribution in [0.3, 0.4) is 0 Å². The lowest BCUT2D eigenvalue weighted by Crippen LogP contribution is -2.53. The zero-order valence-corrected chi connectivity index (χ0v) is 15.7. The molecule has 0 aromatic heterocycles. The van der Waals surface area contributed by atoms with Gasteiger partial charge in [-0.05, 0) is 86.8 Å². The predicted octanol–water partition coefficient (Wildman–Crippen LogP) is 5.37. The molecule has 0 radical (unpaired) electrons. The topological polar surface area (TPSA) is 29.1 Å². The fourth-order valence-electron chi connectivity index (χ4n) is 5.95. The first-order valence-corrected chi connectivity index (χ1v) is 9.70. The van der Waals surface area contributed by atoms with Crippen LogP contribution in [0.25, 0.3) is 0 Å². The number of anilines is 1. The van der Waals surface area contributed by atoms with Crippen LogP contribution in [0.5, 0.6) is 0 Å². The van der Waals surface area contributed by atoms with Crippen molar-refractivity contribution in [3.8, 4) is 0 Å². The number of aryl methyl sites for hydroxylation is 2. The molecule has 2 atom stereocenters. The molecule has 4 aliphatic carbocycles. The minimum Gasteiger partial charge on any atom is -0.326 e. The third-order valence-electron chi connectivity index (χ3n) is 6.31. The molecular weight excluding hydrogens is 350 g/mol. The molecule has 23 heavy (non-hydrogen) atoms. The molecular formula is C20H26BrNO. The SMILES string of the molecule is Cc1ccc(C)c(NC(=O)CC23CC4CC(CC(Br)(C4)C2)C3)c1. The lowest BCUT2D eigenvalue weighted by atomic mass is 9.48. The highest BCUT2D eigenvalue weighted by molar-refractivity contribution is 9.10. The third kappa shape index (κ3) is 2.97. The Morgan fingerprint density at radius 1 is 1.22 bits per heavy atom. The molecule has 1 aromatic rings. The molecule has 2 nitrogen and oxygen atoms in total. The lowest BCUT2D eigenvalue weighted by molar-refractivity contribution is -0.123. The first kappa shape index (κ1) is 15.7. The molecule has 3 heteroatoms. The standard InChI is InChI=1S/C20H26BrNO/c1-13-3-4-14(2)17(5-13)22-18(23)11-19-7-15-6-16(8-19)10-20(21,9-15)12-19/h3-5,15-16H,6-12H2,1-2H3,(H,22,23). The van der Waals surface area contributed by atoms with Crippen molar-refractivity contribution in [1.82, 2.24) is 0 Å². The van der Waals surface area contributed by atoms with Crippen molar-refractivity contribution in [2.45, 2.75) is 63.1 Å². The maximum atomic E-state index is 12.7. The summed E-state index contributed by atoms with van der Waals surface area (Å²) in [5, 5.41) is 3.18. The minimum absolute atomic E-state index is 0.205. The summed E-state index contributed by atoms with van der Waals surface area (Å²) in [7, 11) is 0. The van der Waals surface area contributed by atoms with E-state index in [1.54, 1.807) is 0 Å². The van der Waals surface area contributed by atoms with Crippen LogP contribution < -0.4 is 5.32 Å². The second-order valence-electron chi connectivity index (χ2n) is 8.66. The van der Waals surface area contributed by atoms with Gasteiger partial charge in [0.1, 0.15) is 0 Å². The second-order valence-corrected chi connectivity index (χ2v) is 10.3. The number of hydrogen-bond donors (Lipinski definition) is 1. The van der Waals surface area contributed by atoms with Crippen LogP contribution in [0.2, 0.25) is 0 Å². The molecule has 1 N–H and O–H groups in total. The van der Waals surface area contributed by atoms with E-state index in [4.69, 9.17) is 0 Å². The fourth-order valence-corrected chi connectivity index (χ4v) is 7.46. The van der Waals surface area contributed by atoms with Crippen molar-refractivity contribution in [3.63, 3.8) is 0 Å². The van der Waals surface area contributed by atoms with Gasteiger partial charge in [0.25, 0.3) is 0 Å². The number of halogens is 1. The van der Waals surface area contributed by atoms with E-state index in [9.17, 15) is 4.79 Å². The summed E-state index contributed by atoms with van der Waals surface area (Å²) in [5.41, 5.74) is 3.56. The van der Waals surface area contributed by atoms with E-state index in [1.807, 2.05) is 0 Å². The summed E-state index contributed by atoms with van der Waals surface area (Å²) in [5.74, 6) is 1.88. The summed E-state index contributed by atoms with van der Waals surface area (Å²) < 4.78 is 0.330. The number of amides is 1. The summed E-state index contributed by atoms with van der Waals surface area (Å²) in [6, 6.07) is 6.26. The highest BCUT2D eigenvalue weighted by Gasteiger charge is 2.57. The van der Waals surface area contributed by atoms with Crippen LogP contribution in [0, 0.1) is 31.1 Å². The molecule has 4 bridgehead atoms. The maximum Gasteiger partial charge on any atom is 0.224 e. The molecule has 1 amide bonds. The Kier molecular flexibility index (Phi) is 3.64. The Balaban J connectivity index is 1.49. The van der Waals surface area contributed by atoms with Crippen molar-refractivity contribution in [1.29, 1.82) is 0 Å². The monoisotopic (exact) mass is 375 g/mol. The van der Waals surface area contributed by atoms with Crippen LogP contribution in [-0.4, -0.2) is 10.2 Å². The van der Waals surface area contributed by atoms with Gasteiger partial charge in [0.2, 0.25) is 5.91 Å². The predicted molar refractivity (Wildman–Crippen MR) is 97.9 cm³/mol. The van der Waals surface area contributed by atoms with Crippen LogP contribution >= 0.6 is 15.9 Å². The van der Waals surface area contributed by atoms with E-state index >= 15 is 0 Å². The van der Waals surface area contributed by atoms with E-state index in [2.05, 4.69) is 53.3 Å². The summed E-state index contributed by atoms with van der Waals surface area (Å²) in [6.07, 6.45) is 8.45. The Morgan fingerprint density at radius 2 is 1.91 bits per heavy atom. The lowest BCUT2D eigenvalue weighted by Gasteiger charge is -2.60. The van der Waals surface area contributed by atoms with Gasteiger partial charge < -0.3 is 5.32 Å². The number of rotatable bonds is 3. The van der Waals surface area contributed by atoms with Gasteiger partial charge in [-0.15, -0.1) is 0 Å². The quantitative estimate of drug-likeness (QED) is 0.707. The van der Waals surface area contributed by atoms with E-state index < -0.39 is 0 Å². The molecule has 4 fully saturated rings. The van der Waals surface area contributed by atoms with E-state index in [0.717, 1.165) is 23.1 Å². The minimum atomic E-state index is 0.205. The Labute approximate surface area is 147 Å². The summed E-state index contributed by atoms with van der Waals surface area (Å²) in [4.78, 5) is 12.7. The third-order valence-corrected chi connectivity index (χ3v) is 7.24. The Bertz CT molecular complexity index is 639. The van der Waals surface area contributed by atoms with Crippen LogP contribution in [0.4, 0.5) is 5.69 Å². The second kappa shape index (κ2) is 5.34. The Hall–Kier alpha value is -0.830. The number of nitrogens with one attached hydrogen (secondary N) is 1. The average molecular weight is 376 g/mol. The molecule has 1 aromatic carbocycles. The van der Waals surface area contributed by atoms with Crippen molar-refractivity contribution in [2.24, 2.45) is 17.3 Å². The van der Waals surface area contributed by atoms with Crippen LogP contribution in [-0.2, 0) is 4.79 Å². The van der Waals surface area contributed by atoms with Gasteiger partial charge >= 0.3 is 0 Å². The summed E-state index contributed by atoms with van der Waals surface area (Å²) in [6.45, 7) is 4.13. The normalized spacial score (nSPS) is 37.9. The maximum absolute atomic E-state index is 12.7. The molecule has 0 heterocycles. The van der Waals surface area contributed by atoms with Crippen molar-refractivity contribution < 1.29 is 4.79 Å². The molecule has 0 spiro atoms. The number of benzene rings is 1. The zero-order valence-electron chi connectivity index (χ0n) is 14.1. The molecule has 4 aliphatic rings. The van der Waals surface area contributed by atoms with Crippen LogP contribution in [0.15, 0.2) is 18.2 Å².